The first kappa shape index (κ1) is 73.0. The molecular weight excluding hydrogens is 1070 g/mol. The van der Waals surface area contributed by atoms with E-state index in [-0.39, 0.29) is 56.9 Å². The van der Waals surface area contributed by atoms with Gasteiger partial charge in [-0.05, 0) is 126 Å². The lowest BCUT2D eigenvalue weighted by Crippen LogP contribution is -2.61. The van der Waals surface area contributed by atoms with Gasteiger partial charge in [-0.25, -0.2) is 4.79 Å². The fourth-order valence-electron chi connectivity index (χ4n) is 8.26. The number of aliphatic hydroxyl groups is 1. The normalized spacial score (nSPS) is 15.0. The first-order chi connectivity index (χ1) is 38.6. The van der Waals surface area contributed by atoms with Gasteiger partial charge in [0.05, 0.1) is 12.6 Å². The van der Waals surface area contributed by atoms with Crippen molar-refractivity contribution in [1.82, 2.24) is 47.9 Å². The number of rotatable bonds is 41. The Hall–Kier alpha value is -7.01. The lowest BCUT2D eigenvalue weighted by atomic mass is 9.98. The van der Waals surface area contributed by atoms with Crippen LogP contribution in [-0.2, 0) is 59.2 Å². The molecule has 0 saturated carbocycles. The predicted molar refractivity (Wildman–Crippen MR) is 302 cm³/mol. The Morgan fingerprint density at radius 3 is 1.30 bits per heavy atom. The molecule has 464 valence electrons. The first-order valence-corrected chi connectivity index (χ1v) is 28.0. The van der Waals surface area contributed by atoms with Crippen molar-refractivity contribution in [2.45, 2.75) is 192 Å². The van der Waals surface area contributed by atoms with Crippen LogP contribution in [0.3, 0.4) is 0 Å². The SMILES string of the molecule is CC(C)C[C@H](NC(=O)[C@H](CO)NC(=O)[C@H](Cc1ccc(O)cc1)NC(=O)[C@H](CCCCN)NC(=O)[C@H](C)NC(=O)[C@H](CCCCN)NC(=O)[C@H](CCC(=O)O)NC(=O)[C@@H](NC(=O)[C@@H](NC(=O)[C@@H](N)CCCCN)C(C)C)C(C)C)C(=O)O. The van der Waals surface area contributed by atoms with Gasteiger partial charge < -0.3 is 91.2 Å². The Balaban J connectivity index is 3.45. The number of phenolic OH excluding ortho intramolecular Hbond substituents is 1. The molecule has 0 aliphatic heterocycles. The summed E-state index contributed by atoms with van der Waals surface area (Å²) in [7, 11) is 0. The molecule has 0 heterocycles. The molecule has 0 aliphatic rings. The van der Waals surface area contributed by atoms with Gasteiger partial charge in [0.1, 0.15) is 60.1 Å². The fourth-order valence-corrected chi connectivity index (χ4v) is 8.26. The topological polar surface area (TPSA) is 481 Å². The number of phenols is 1. The number of carboxylic acid groups (broad SMARTS) is 2. The molecule has 1 aromatic carbocycles. The number of amides is 9. The van der Waals surface area contributed by atoms with Crippen LogP contribution in [0.5, 0.6) is 5.75 Å². The Bertz CT molecular complexity index is 2240. The number of unbranched alkanes of at least 4 members (excludes halogenated alkanes) is 3. The summed E-state index contributed by atoms with van der Waals surface area (Å²) in [5, 5.41) is 62.0. The number of carbonyl (C=O) groups is 11. The summed E-state index contributed by atoms with van der Waals surface area (Å²) >= 11 is 0. The third-order valence-corrected chi connectivity index (χ3v) is 13.1. The molecule has 0 unspecified atom stereocenters. The number of aliphatic hydroxyl groups excluding tert-OH is 1. The van der Waals surface area contributed by atoms with E-state index in [4.69, 9.17) is 22.9 Å². The summed E-state index contributed by atoms with van der Waals surface area (Å²) in [4.78, 5) is 147. The van der Waals surface area contributed by atoms with Crippen LogP contribution < -0.4 is 70.8 Å². The molecule has 10 atom stereocenters. The second-order valence-electron chi connectivity index (χ2n) is 21.5. The number of nitrogens with one attached hydrogen (secondary N) is 9. The second-order valence-corrected chi connectivity index (χ2v) is 21.5. The zero-order valence-electron chi connectivity index (χ0n) is 48.4. The number of carboxylic acids is 2. The number of benzene rings is 1. The lowest BCUT2D eigenvalue weighted by Gasteiger charge is -2.29. The standard InChI is InChI=1S/C54H93N13O15/c1-29(2)26-40(54(81)82)64-51(78)41(28-68)65-50(77)39(27-33-17-19-34(69)20-18-33)63-48(75)37(16-10-13-25-57)60-45(72)32(7)59-47(74)36(15-9-12-24-56)61-49(76)38(21-22-42(70)71)62-52(79)43(30(3)4)67-53(80)44(31(5)6)66-46(73)35(58)14-8-11-23-55/h17-20,29-32,35-41,43-44,68-69H,8-16,21-28,55-58H2,1-7H3,(H,59,74)(H,60,72)(H,61,76)(H,62,79)(H,63,75)(H,64,78)(H,65,77)(H,66,73)(H,67,80)(H,70,71)(H,81,82)/t32-,35-,36-,37-,38-,39-,40-,41-,43-,44-/m0/s1. The summed E-state index contributed by atoms with van der Waals surface area (Å²) < 4.78 is 0. The monoisotopic (exact) mass is 1160 g/mol. The van der Waals surface area contributed by atoms with E-state index in [1.165, 1.54) is 31.2 Å². The van der Waals surface area contributed by atoms with Crippen LogP contribution in [0.4, 0.5) is 0 Å². The van der Waals surface area contributed by atoms with Crippen molar-refractivity contribution >= 4 is 65.1 Å². The van der Waals surface area contributed by atoms with Crippen LogP contribution in [0.2, 0.25) is 0 Å². The van der Waals surface area contributed by atoms with Gasteiger partial charge in [-0.3, -0.25) is 47.9 Å². The molecule has 0 aromatic heterocycles. The highest BCUT2D eigenvalue weighted by molar-refractivity contribution is 5.98. The van der Waals surface area contributed by atoms with Gasteiger partial charge in [-0.2, -0.15) is 0 Å². The fraction of sp³-hybridized carbons (Fsp3) is 0.685. The number of aromatic hydroxyl groups is 1. The summed E-state index contributed by atoms with van der Waals surface area (Å²) in [6.07, 6.45) is 1.59. The predicted octanol–water partition coefficient (Wildman–Crippen LogP) is -2.67. The number of nitrogens with two attached hydrogens (primary N) is 4. The minimum Gasteiger partial charge on any atom is -0.508 e. The Kier molecular flexibility index (Phi) is 34.4. The first-order valence-electron chi connectivity index (χ1n) is 28.0. The molecule has 21 N–H and O–H groups in total. The summed E-state index contributed by atoms with van der Waals surface area (Å²) in [5.41, 5.74) is 23.5. The highest BCUT2D eigenvalue weighted by atomic mass is 16.4. The van der Waals surface area contributed by atoms with Crippen molar-refractivity contribution in [2.75, 3.05) is 26.2 Å². The quantitative estimate of drug-likeness (QED) is 0.0297. The molecule has 0 aliphatic carbocycles. The maximum atomic E-state index is 14.2. The lowest BCUT2D eigenvalue weighted by molar-refractivity contribution is -0.143. The van der Waals surface area contributed by atoms with Crippen molar-refractivity contribution in [1.29, 1.82) is 0 Å². The molecule has 28 heteroatoms. The zero-order chi connectivity index (χ0) is 62.2. The van der Waals surface area contributed by atoms with E-state index in [9.17, 15) is 73.2 Å². The van der Waals surface area contributed by atoms with Crippen LogP contribution >= 0.6 is 0 Å². The summed E-state index contributed by atoms with van der Waals surface area (Å²) in [6, 6.07) is -8.00. The van der Waals surface area contributed by atoms with Crippen LogP contribution in [-0.4, -0.2) is 172 Å². The van der Waals surface area contributed by atoms with Gasteiger partial charge in [0.25, 0.3) is 0 Å². The van der Waals surface area contributed by atoms with Crippen LogP contribution in [0, 0.1) is 17.8 Å². The molecule has 9 amide bonds. The zero-order valence-corrected chi connectivity index (χ0v) is 48.4. The molecule has 82 heavy (non-hydrogen) atoms. The van der Waals surface area contributed by atoms with E-state index in [1.54, 1.807) is 41.5 Å². The molecule has 0 radical (unpaired) electrons. The van der Waals surface area contributed by atoms with Crippen molar-refractivity contribution in [3.63, 3.8) is 0 Å². The smallest absolute Gasteiger partial charge is 0.326 e. The summed E-state index contributed by atoms with van der Waals surface area (Å²) in [5.74, 6) is -11.8. The van der Waals surface area contributed by atoms with Gasteiger partial charge in [-0.1, -0.05) is 60.1 Å². The molecule has 0 fully saturated rings. The minimum absolute atomic E-state index is 0.0286. The second kappa shape index (κ2) is 38.6. The number of hydrogen-bond acceptors (Lipinski definition) is 17. The van der Waals surface area contributed by atoms with Crippen LogP contribution in [0.15, 0.2) is 24.3 Å². The average Bonchev–Trinajstić information content (AvgIpc) is 3.41. The molecule has 0 bridgehead atoms. The van der Waals surface area contributed by atoms with E-state index in [2.05, 4.69) is 47.9 Å². The van der Waals surface area contributed by atoms with Crippen molar-refractivity contribution < 1.29 is 73.2 Å². The van der Waals surface area contributed by atoms with Crippen molar-refractivity contribution in [2.24, 2.45) is 40.7 Å². The molecule has 0 saturated heterocycles. The molecule has 1 rings (SSSR count). The Morgan fingerprint density at radius 1 is 0.451 bits per heavy atom. The van der Waals surface area contributed by atoms with E-state index in [1.807, 2.05) is 0 Å². The van der Waals surface area contributed by atoms with Gasteiger partial charge >= 0.3 is 11.9 Å². The Labute approximate surface area is 479 Å². The maximum Gasteiger partial charge on any atom is 0.326 e. The van der Waals surface area contributed by atoms with Gasteiger partial charge in [-0.15, -0.1) is 0 Å². The third-order valence-electron chi connectivity index (χ3n) is 13.1. The van der Waals surface area contributed by atoms with Crippen molar-refractivity contribution in [3.8, 4) is 5.75 Å². The summed E-state index contributed by atoms with van der Waals surface area (Å²) in [6.45, 7) is 11.2. The van der Waals surface area contributed by atoms with Crippen LogP contribution in [0.25, 0.3) is 0 Å². The maximum absolute atomic E-state index is 14.2. The highest BCUT2D eigenvalue weighted by Crippen LogP contribution is 2.15. The van der Waals surface area contributed by atoms with Gasteiger partial charge in [0, 0.05) is 12.8 Å². The molecule has 1 aromatic rings. The van der Waals surface area contributed by atoms with Crippen molar-refractivity contribution in [3.05, 3.63) is 29.8 Å². The van der Waals surface area contributed by atoms with Gasteiger partial charge in [0.15, 0.2) is 0 Å². The minimum atomic E-state index is -1.66. The van der Waals surface area contributed by atoms with E-state index < -0.39 is 157 Å². The van der Waals surface area contributed by atoms with E-state index in [0.717, 1.165) is 0 Å². The average molecular weight is 1160 g/mol. The largest absolute Gasteiger partial charge is 0.508 e. The number of hydrogen-bond donors (Lipinski definition) is 17. The van der Waals surface area contributed by atoms with Gasteiger partial charge in [0.2, 0.25) is 53.2 Å². The third kappa shape index (κ3) is 27.6. The van der Waals surface area contributed by atoms with Crippen LogP contribution in [0.1, 0.15) is 131 Å². The number of aliphatic carboxylic acids is 2. The van der Waals surface area contributed by atoms with E-state index in [0.29, 0.717) is 50.6 Å². The number of carbonyl (C=O) groups excluding carboxylic acids is 9. The highest BCUT2D eigenvalue weighted by Gasteiger charge is 2.36. The molecular formula is C54H93N13O15. The Morgan fingerprint density at radius 2 is 0.841 bits per heavy atom. The van der Waals surface area contributed by atoms with E-state index >= 15 is 0 Å². The molecule has 0 spiro atoms. The molecule has 28 nitrogen and oxygen atoms in total.